The molecule has 0 aliphatic carbocycles. The molecule has 0 N–H and O–H groups in total. The van der Waals surface area contributed by atoms with E-state index in [4.69, 9.17) is 0 Å². The van der Waals surface area contributed by atoms with E-state index in [0.29, 0.717) is 0 Å². The maximum absolute atomic E-state index is 3.63. The number of alkyl halides is 1. The highest BCUT2D eigenvalue weighted by Gasteiger charge is 1.66. The van der Waals surface area contributed by atoms with E-state index in [0.717, 1.165) is 10.9 Å². The van der Waals surface area contributed by atoms with Crippen molar-refractivity contribution in [2.45, 2.75) is 6.92 Å². The van der Waals surface area contributed by atoms with Gasteiger partial charge in [-0.15, -0.1) is 0 Å². The summed E-state index contributed by atoms with van der Waals surface area (Å²) in [5, 5.41) is 0.859. The van der Waals surface area contributed by atoms with Gasteiger partial charge in [0.1, 0.15) is 0 Å². The molecule has 48 valence electrons. The summed E-state index contributed by atoms with van der Waals surface area (Å²) < 4.78 is 0. The molecule has 0 aromatic rings. The van der Waals surface area contributed by atoms with Gasteiger partial charge in [0.15, 0.2) is 0 Å². The molecular weight excluding hydrogens is 176 g/mol. The quantitative estimate of drug-likeness (QED) is 0.435. The zero-order chi connectivity index (χ0) is 7.11. The van der Waals surface area contributed by atoms with Crippen LogP contribution in [0.4, 0.5) is 0 Å². The van der Waals surface area contributed by atoms with Crippen molar-refractivity contribution in [3.05, 3.63) is 24.3 Å². The summed E-state index contributed by atoms with van der Waals surface area (Å²) in [7, 11) is 0. The molecule has 0 rings (SSSR count). The highest BCUT2D eigenvalue weighted by molar-refractivity contribution is 9.09. The van der Waals surface area contributed by atoms with Crippen molar-refractivity contribution in [1.29, 1.82) is 0 Å². The molecule has 0 heterocycles. The van der Waals surface area contributed by atoms with Crippen LogP contribution in [-0.2, 0) is 0 Å². The van der Waals surface area contributed by atoms with Crippen LogP contribution >= 0.6 is 15.9 Å². The lowest BCUT2D eigenvalue weighted by molar-refractivity contribution is 1.62. The molecule has 0 fully saturated rings. The van der Waals surface area contributed by atoms with Gasteiger partial charge < -0.3 is 0 Å². The van der Waals surface area contributed by atoms with Crippen molar-refractivity contribution in [3.8, 4) is 11.8 Å². The van der Waals surface area contributed by atoms with Crippen molar-refractivity contribution >= 4 is 15.9 Å². The molecule has 0 atom stereocenters. The summed E-state index contributed by atoms with van der Waals surface area (Å²) in [5.74, 6) is 5.65. The third-order valence-electron chi connectivity index (χ3n) is 0.576. The van der Waals surface area contributed by atoms with Gasteiger partial charge in [-0.05, 0) is 18.6 Å². The van der Waals surface area contributed by atoms with Gasteiger partial charge >= 0.3 is 0 Å². The molecule has 0 radical (unpaired) electrons. The summed E-state index contributed by atoms with van der Waals surface area (Å²) in [6, 6.07) is 0. The molecular formula is C8H9Br. The smallest absolute Gasteiger partial charge is 0.0221 e. The summed E-state index contributed by atoms with van der Waals surface area (Å²) >= 11 is 3.24. The van der Waals surface area contributed by atoms with Crippen molar-refractivity contribution in [1.82, 2.24) is 0 Å². The second-order valence-corrected chi connectivity index (χ2v) is 2.25. The van der Waals surface area contributed by atoms with Crippen molar-refractivity contribution in [2.24, 2.45) is 0 Å². The minimum absolute atomic E-state index is 0.859. The predicted molar refractivity (Wildman–Crippen MR) is 45.5 cm³/mol. The minimum atomic E-state index is 0.859. The van der Waals surface area contributed by atoms with E-state index in [2.05, 4.69) is 34.3 Å². The van der Waals surface area contributed by atoms with Gasteiger partial charge in [0.25, 0.3) is 0 Å². The molecule has 0 unspecified atom stereocenters. The SMILES string of the molecule is C=C(C)C#C/C=C/CBr. The molecule has 0 aliphatic heterocycles. The highest BCUT2D eigenvalue weighted by Crippen LogP contribution is 1.82. The fraction of sp³-hybridized carbons (Fsp3) is 0.250. The van der Waals surface area contributed by atoms with E-state index in [1.165, 1.54) is 0 Å². The zero-order valence-corrected chi connectivity index (χ0v) is 7.03. The van der Waals surface area contributed by atoms with Crippen LogP contribution in [0, 0.1) is 11.8 Å². The first kappa shape index (κ1) is 8.52. The van der Waals surface area contributed by atoms with Gasteiger partial charge in [-0.25, -0.2) is 0 Å². The Morgan fingerprint density at radius 3 is 2.89 bits per heavy atom. The molecule has 0 aromatic heterocycles. The average Bonchev–Trinajstić information content (AvgIpc) is 1.80. The average molecular weight is 185 g/mol. The second kappa shape index (κ2) is 5.65. The van der Waals surface area contributed by atoms with Gasteiger partial charge in [0.05, 0.1) is 0 Å². The molecule has 9 heavy (non-hydrogen) atoms. The molecule has 1 heteroatoms. The summed E-state index contributed by atoms with van der Waals surface area (Å²) in [6.45, 7) is 5.52. The summed E-state index contributed by atoms with van der Waals surface area (Å²) in [5.41, 5.74) is 0.897. The molecule has 0 amide bonds. The Kier molecular flexibility index (Phi) is 5.35. The van der Waals surface area contributed by atoms with E-state index in [1.54, 1.807) is 0 Å². The number of halogens is 1. The van der Waals surface area contributed by atoms with Crippen molar-refractivity contribution in [2.75, 3.05) is 5.33 Å². The molecule has 0 bridgehead atoms. The van der Waals surface area contributed by atoms with Crippen LogP contribution in [0.1, 0.15) is 6.92 Å². The van der Waals surface area contributed by atoms with Gasteiger partial charge in [-0.2, -0.15) is 0 Å². The zero-order valence-electron chi connectivity index (χ0n) is 5.45. The maximum atomic E-state index is 3.63. The first-order valence-electron chi connectivity index (χ1n) is 2.65. The van der Waals surface area contributed by atoms with Gasteiger partial charge in [-0.1, -0.05) is 40.4 Å². The Bertz CT molecular complexity index is 167. The third-order valence-corrected chi connectivity index (χ3v) is 0.950. The molecule has 0 saturated heterocycles. The van der Waals surface area contributed by atoms with E-state index in [1.807, 2.05) is 19.1 Å². The molecule has 0 aliphatic rings. The van der Waals surface area contributed by atoms with Crippen molar-refractivity contribution < 1.29 is 0 Å². The first-order valence-corrected chi connectivity index (χ1v) is 3.77. The highest BCUT2D eigenvalue weighted by atomic mass is 79.9. The van der Waals surface area contributed by atoms with E-state index < -0.39 is 0 Å². The number of hydrogen-bond acceptors (Lipinski definition) is 0. The number of rotatable bonds is 1. The monoisotopic (exact) mass is 184 g/mol. The molecule has 0 nitrogen and oxygen atoms in total. The molecule has 0 spiro atoms. The molecule has 0 aromatic carbocycles. The van der Waals surface area contributed by atoms with Crippen LogP contribution < -0.4 is 0 Å². The van der Waals surface area contributed by atoms with Crippen LogP contribution in [0.15, 0.2) is 24.3 Å². The fourth-order valence-corrected chi connectivity index (χ4v) is 0.455. The normalized spacial score (nSPS) is 8.67. The van der Waals surface area contributed by atoms with E-state index >= 15 is 0 Å². The number of allylic oxidation sites excluding steroid dienone is 3. The van der Waals surface area contributed by atoms with Gasteiger partial charge in [0.2, 0.25) is 0 Å². The summed E-state index contributed by atoms with van der Waals surface area (Å²) in [4.78, 5) is 0. The maximum Gasteiger partial charge on any atom is 0.0221 e. The fourth-order valence-electron chi connectivity index (χ4n) is 0.268. The van der Waals surface area contributed by atoms with Crippen LogP contribution in [0.3, 0.4) is 0 Å². The van der Waals surface area contributed by atoms with Gasteiger partial charge in [0, 0.05) is 5.33 Å². The van der Waals surface area contributed by atoms with Crippen LogP contribution in [-0.4, -0.2) is 5.33 Å². The second-order valence-electron chi connectivity index (χ2n) is 1.61. The Hall–Kier alpha value is -0.480. The Labute approximate surface area is 64.8 Å². The van der Waals surface area contributed by atoms with Crippen LogP contribution in [0.5, 0.6) is 0 Å². The van der Waals surface area contributed by atoms with E-state index in [9.17, 15) is 0 Å². The van der Waals surface area contributed by atoms with Crippen LogP contribution in [0.2, 0.25) is 0 Å². The molecule has 0 saturated carbocycles. The largest absolute Gasteiger partial charge is 0.0883 e. The Balaban J connectivity index is 3.62. The first-order chi connectivity index (χ1) is 4.27. The van der Waals surface area contributed by atoms with Crippen molar-refractivity contribution in [3.63, 3.8) is 0 Å². The Morgan fingerprint density at radius 1 is 1.78 bits per heavy atom. The predicted octanol–water partition coefficient (Wildman–Crippen LogP) is 2.52. The lowest BCUT2D eigenvalue weighted by Crippen LogP contribution is -1.60. The van der Waals surface area contributed by atoms with E-state index in [-0.39, 0.29) is 0 Å². The van der Waals surface area contributed by atoms with Gasteiger partial charge in [-0.3, -0.25) is 0 Å². The summed E-state index contributed by atoms with van der Waals surface area (Å²) in [6.07, 6.45) is 3.75. The lowest BCUT2D eigenvalue weighted by Gasteiger charge is -1.73. The van der Waals surface area contributed by atoms with Crippen LogP contribution in [0.25, 0.3) is 0 Å². The minimum Gasteiger partial charge on any atom is -0.0883 e. The standard InChI is InChI=1S/C8H9Br/c1-8(2)6-4-3-5-7-9/h3,5H,1,7H2,2H3/b5-3+. The third kappa shape index (κ3) is 7.52. The lowest BCUT2D eigenvalue weighted by atomic mass is 10.3. The topological polar surface area (TPSA) is 0 Å². The Morgan fingerprint density at radius 2 is 2.44 bits per heavy atom. The number of hydrogen-bond donors (Lipinski definition) is 0.